The molecule has 1 N–H and O–H groups in total. The Morgan fingerprint density at radius 2 is 2.06 bits per heavy atom. The van der Waals surface area contributed by atoms with Crippen LogP contribution < -0.4 is 5.32 Å². The second-order valence-electron chi connectivity index (χ2n) is 4.24. The third-order valence-corrected chi connectivity index (χ3v) is 2.51. The summed E-state index contributed by atoms with van der Waals surface area (Å²) in [5.74, 6) is -0.235. The zero-order valence-electron chi connectivity index (χ0n) is 11.1. The van der Waals surface area contributed by atoms with Gasteiger partial charge in [-0.2, -0.15) is 0 Å². The molecule has 0 heterocycles. The summed E-state index contributed by atoms with van der Waals surface area (Å²) in [4.78, 5) is 11.7. The van der Waals surface area contributed by atoms with Crippen LogP contribution in [0.15, 0.2) is 0 Å². The fourth-order valence-electron chi connectivity index (χ4n) is 1.80. The van der Waals surface area contributed by atoms with E-state index in [0.717, 1.165) is 19.6 Å². The molecule has 2 unspecified atom stereocenters. The standard InChI is InChI=1S/C12H25NO3/c1-6-8-16-10(3)9-12(4,13-7-2)11(14)15-5/h10,13H,6-9H2,1-5H3. The van der Waals surface area contributed by atoms with Crippen molar-refractivity contribution >= 4 is 5.97 Å². The Hall–Kier alpha value is -0.610. The van der Waals surface area contributed by atoms with E-state index in [4.69, 9.17) is 9.47 Å². The molecule has 4 heteroatoms. The van der Waals surface area contributed by atoms with E-state index in [-0.39, 0.29) is 12.1 Å². The maximum absolute atomic E-state index is 11.7. The highest BCUT2D eigenvalue weighted by atomic mass is 16.5. The van der Waals surface area contributed by atoms with Gasteiger partial charge in [-0.15, -0.1) is 0 Å². The first-order valence-electron chi connectivity index (χ1n) is 5.95. The number of hydrogen-bond donors (Lipinski definition) is 1. The lowest BCUT2D eigenvalue weighted by Crippen LogP contribution is -2.52. The highest BCUT2D eigenvalue weighted by Crippen LogP contribution is 2.16. The second-order valence-corrected chi connectivity index (χ2v) is 4.24. The quantitative estimate of drug-likeness (QED) is 0.646. The average Bonchev–Trinajstić information content (AvgIpc) is 2.25. The first-order valence-corrected chi connectivity index (χ1v) is 5.95. The van der Waals surface area contributed by atoms with Gasteiger partial charge >= 0.3 is 5.97 Å². The van der Waals surface area contributed by atoms with Gasteiger partial charge in [0.2, 0.25) is 0 Å². The lowest BCUT2D eigenvalue weighted by Gasteiger charge is -2.30. The van der Waals surface area contributed by atoms with Crippen LogP contribution in [-0.4, -0.2) is 37.9 Å². The van der Waals surface area contributed by atoms with Gasteiger partial charge in [-0.3, -0.25) is 4.79 Å². The number of nitrogens with one attached hydrogen (secondary N) is 1. The van der Waals surface area contributed by atoms with Crippen LogP contribution in [0, 0.1) is 0 Å². The molecule has 2 atom stereocenters. The van der Waals surface area contributed by atoms with Crippen molar-refractivity contribution in [2.45, 2.75) is 52.2 Å². The molecule has 96 valence electrons. The van der Waals surface area contributed by atoms with Gasteiger partial charge < -0.3 is 14.8 Å². The summed E-state index contributed by atoms with van der Waals surface area (Å²) in [6.45, 7) is 9.33. The largest absolute Gasteiger partial charge is 0.468 e. The molecule has 0 aliphatic heterocycles. The van der Waals surface area contributed by atoms with E-state index in [1.165, 1.54) is 7.11 Å². The molecule has 0 rings (SSSR count). The zero-order valence-corrected chi connectivity index (χ0v) is 11.1. The Bertz CT molecular complexity index is 208. The van der Waals surface area contributed by atoms with Crippen LogP contribution in [0.2, 0.25) is 0 Å². The third-order valence-electron chi connectivity index (χ3n) is 2.51. The van der Waals surface area contributed by atoms with Crippen LogP contribution in [0.1, 0.15) is 40.5 Å². The average molecular weight is 231 g/mol. The van der Waals surface area contributed by atoms with Crippen molar-refractivity contribution in [2.75, 3.05) is 20.3 Å². The van der Waals surface area contributed by atoms with Crippen LogP contribution in [0.4, 0.5) is 0 Å². The van der Waals surface area contributed by atoms with Gasteiger partial charge in [-0.25, -0.2) is 0 Å². The first-order chi connectivity index (χ1) is 7.50. The predicted molar refractivity (Wildman–Crippen MR) is 64.4 cm³/mol. The number of ether oxygens (including phenoxy) is 2. The van der Waals surface area contributed by atoms with E-state index in [0.29, 0.717) is 6.42 Å². The Kier molecular flexibility index (Phi) is 7.34. The summed E-state index contributed by atoms with van der Waals surface area (Å²) in [5, 5.41) is 3.16. The fourth-order valence-corrected chi connectivity index (χ4v) is 1.80. The smallest absolute Gasteiger partial charge is 0.325 e. The van der Waals surface area contributed by atoms with Gasteiger partial charge in [0.05, 0.1) is 13.2 Å². The molecule has 16 heavy (non-hydrogen) atoms. The molecule has 0 aromatic heterocycles. The molecule has 0 fully saturated rings. The number of methoxy groups -OCH3 is 1. The summed E-state index contributed by atoms with van der Waals surface area (Å²) < 4.78 is 10.4. The number of esters is 1. The Labute approximate surface area is 98.7 Å². The van der Waals surface area contributed by atoms with Crippen LogP contribution in [-0.2, 0) is 14.3 Å². The first kappa shape index (κ1) is 15.4. The molecule has 0 spiro atoms. The Morgan fingerprint density at radius 1 is 1.44 bits per heavy atom. The van der Waals surface area contributed by atoms with Crippen molar-refractivity contribution in [3.8, 4) is 0 Å². The minimum atomic E-state index is -0.656. The van der Waals surface area contributed by atoms with Crippen LogP contribution in [0.5, 0.6) is 0 Å². The van der Waals surface area contributed by atoms with Crippen molar-refractivity contribution in [3.63, 3.8) is 0 Å². The van der Waals surface area contributed by atoms with E-state index in [2.05, 4.69) is 12.2 Å². The van der Waals surface area contributed by atoms with E-state index in [1.54, 1.807) is 0 Å². The number of carbonyl (C=O) groups excluding carboxylic acids is 1. The second kappa shape index (κ2) is 7.63. The summed E-state index contributed by atoms with van der Waals surface area (Å²) in [5.41, 5.74) is -0.656. The zero-order chi connectivity index (χ0) is 12.6. The van der Waals surface area contributed by atoms with Crippen molar-refractivity contribution in [1.82, 2.24) is 5.32 Å². The van der Waals surface area contributed by atoms with Gasteiger partial charge in [0, 0.05) is 13.0 Å². The van der Waals surface area contributed by atoms with Gasteiger partial charge in [-0.1, -0.05) is 13.8 Å². The molecular formula is C12H25NO3. The monoisotopic (exact) mass is 231 g/mol. The molecule has 0 aromatic carbocycles. The van der Waals surface area contributed by atoms with Crippen LogP contribution >= 0.6 is 0 Å². The molecule has 0 bridgehead atoms. The summed E-state index contributed by atoms with van der Waals surface area (Å²) in [6, 6.07) is 0. The topological polar surface area (TPSA) is 47.6 Å². The van der Waals surface area contributed by atoms with Gasteiger partial charge in [0.1, 0.15) is 5.54 Å². The molecule has 0 amide bonds. The SMILES string of the molecule is CCCOC(C)CC(C)(NCC)C(=O)OC. The molecule has 0 saturated heterocycles. The molecule has 0 aliphatic rings. The summed E-state index contributed by atoms with van der Waals surface area (Å²) in [6.07, 6.45) is 1.65. The van der Waals surface area contributed by atoms with Crippen molar-refractivity contribution < 1.29 is 14.3 Å². The Morgan fingerprint density at radius 3 is 2.50 bits per heavy atom. The number of rotatable bonds is 8. The maximum Gasteiger partial charge on any atom is 0.325 e. The van der Waals surface area contributed by atoms with E-state index in [1.807, 2.05) is 20.8 Å². The summed E-state index contributed by atoms with van der Waals surface area (Å²) >= 11 is 0. The third kappa shape index (κ3) is 4.94. The molecule has 0 saturated carbocycles. The maximum atomic E-state index is 11.7. The molecule has 4 nitrogen and oxygen atoms in total. The highest BCUT2D eigenvalue weighted by Gasteiger charge is 2.35. The van der Waals surface area contributed by atoms with Crippen LogP contribution in [0.25, 0.3) is 0 Å². The lowest BCUT2D eigenvalue weighted by atomic mass is 9.94. The highest BCUT2D eigenvalue weighted by molar-refractivity contribution is 5.80. The molecular weight excluding hydrogens is 206 g/mol. The fraction of sp³-hybridized carbons (Fsp3) is 0.917. The summed E-state index contributed by atoms with van der Waals surface area (Å²) in [7, 11) is 1.41. The number of carbonyl (C=O) groups is 1. The van der Waals surface area contributed by atoms with E-state index in [9.17, 15) is 4.79 Å². The van der Waals surface area contributed by atoms with Crippen molar-refractivity contribution in [3.05, 3.63) is 0 Å². The minimum absolute atomic E-state index is 0.0445. The Balaban J connectivity index is 4.36. The van der Waals surface area contributed by atoms with Gasteiger partial charge in [0.25, 0.3) is 0 Å². The van der Waals surface area contributed by atoms with Crippen molar-refractivity contribution in [2.24, 2.45) is 0 Å². The number of likely N-dealkylation sites (N-methyl/N-ethyl adjacent to an activating group) is 1. The van der Waals surface area contributed by atoms with Crippen molar-refractivity contribution in [1.29, 1.82) is 0 Å². The van der Waals surface area contributed by atoms with Gasteiger partial charge in [0.15, 0.2) is 0 Å². The van der Waals surface area contributed by atoms with E-state index >= 15 is 0 Å². The lowest BCUT2D eigenvalue weighted by molar-refractivity contribution is -0.149. The van der Waals surface area contributed by atoms with E-state index < -0.39 is 5.54 Å². The molecule has 0 radical (unpaired) electrons. The minimum Gasteiger partial charge on any atom is -0.468 e. The predicted octanol–water partition coefficient (Wildman–Crippen LogP) is 1.73. The van der Waals surface area contributed by atoms with Crippen LogP contribution in [0.3, 0.4) is 0 Å². The number of hydrogen-bond acceptors (Lipinski definition) is 4. The normalized spacial score (nSPS) is 16.6. The molecule has 0 aliphatic carbocycles. The molecule has 0 aromatic rings. The van der Waals surface area contributed by atoms with Gasteiger partial charge in [-0.05, 0) is 26.8 Å².